The summed E-state index contributed by atoms with van der Waals surface area (Å²) in [4.78, 5) is 35.6. The quantitative estimate of drug-likeness (QED) is 0.677. The number of esters is 1. The second-order valence-electron chi connectivity index (χ2n) is 5.92. The molecule has 2 heterocycles. The third-order valence-electron chi connectivity index (χ3n) is 3.76. The van der Waals surface area contributed by atoms with Gasteiger partial charge in [-0.2, -0.15) is 0 Å². The minimum Gasteiger partial charge on any atom is -0.452 e. The highest BCUT2D eigenvalue weighted by atomic mass is 16.5. The van der Waals surface area contributed by atoms with E-state index in [4.69, 9.17) is 9.15 Å². The molecule has 138 valence electrons. The average molecular weight is 366 g/mol. The normalized spacial score (nSPS) is 10.4. The van der Waals surface area contributed by atoms with E-state index in [1.807, 2.05) is 19.1 Å². The van der Waals surface area contributed by atoms with Crippen LogP contribution in [0.2, 0.25) is 0 Å². The summed E-state index contributed by atoms with van der Waals surface area (Å²) in [7, 11) is 0. The maximum absolute atomic E-state index is 12.0. The molecule has 0 unspecified atom stereocenters. The molecule has 0 fully saturated rings. The Kier molecular flexibility index (Phi) is 5.51. The minimum atomic E-state index is -0.749. The van der Waals surface area contributed by atoms with Crippen LogP contribution in [-0.2, 0) is 16.1 Å². The molecule has 3 rings (SSSR count). The van der Waals surface area contributed by atoms with Crippen molar-refractivity contribution in [1.82, 2.24) is 4.57 Å². The Labute approximate surface area is 155 Å². The Morgan fingerprint density at radius 1 is 1.07 bits per heavy atom. The van der Waals surface area contributed by atoms with Crippen molar-refractivity contribution in [2.45, 2.75) is 13.5 Å². The van der Waals surface area contributed by atoms with E-state index in [2.05, 4.69) is 5.32 Å². The number of aromatic nitrogens is 1. The predicted octanol–water partition coefficient (Wildman–Crippen LogP) is 2.59. The first-order valence-corrected chi connectivity index (χ1v) is 8.29. The Morgan fingerprint density at radius 3 is 2.59 bits per heavy atom. The molecule has 7 heteroatoms. The largest absolute Gasteiger partial charge is 0.452 e. The van der Waals surface area contributed by atoms with Gasteiger partial charge in [-0.15, -0.1) is 0 Å². The van der Waals surface area contributed by atoms with E-state index < -0.39 is 18.5 Å². The molecule has 2 aromatic heterocycles. The van der Waals surface area contributed by atoms with Crippen molar-refractivity contribution in [3.05, 3.63) is 88.2 Å². The molecule has 3 aromatic rings. The fraction of sp³-hybridized carbons (Fsp3) is 0.150. The monoisotopic (exact) mass is 366 g/mol. The molecule has 0 aliphatic carbocycles. The molecular weight excluding hydrogens is 348 g/mol. The molecule has 0 saturated carbocycles. The number of aryl methyl sites for hydroxylation is 1. The van der Waals surface area contributed by atoms with Gasteiger partial charge < -0.3 is 19.0 Å². The van der Waals surface area contributed by atoms with Crippen LogP contribution in [0.15, 0.2) is 70.0 Å². The smallest absolute Gasteiger partial charge is 0.374 e. The lowest BCUT2D eigenvalue weighted by Crippen LogP contribution is -2.20. The number of pyridine rings is 1. The molecule has 1 aromatic carbocycles. The van der Waals surface area contributed by atoms with Crippen LogP contribution < -0.4 is 10.9 Å². The molecular formula is C20H18N2O5. The van der Waals surface area contributed by atoms with Crippen molar-refractivity contribution >= 4 is 17.6 Å². The molecule has 0 bridgehead atoms. The summed E-state index contributed by atoms with van der Waals surface area (Å²) in [6, 6.07) is 15.1. The van der Waals surface area contributed by atoms with Gasteiger partial charge in [-0.05, 0) is 37.3 Å². The Bertz CT molecular complexity index is 1000. The van der Waals surface area contributed by atoms with Crippen molar-refractivity contribution < 1.29 is 18.7 Å². The highest BCUT2D eigenvalue weighted by Crippen LogP contribution is 2.11. The number of furan rings is 1. The van der Waals surface area contributed by atoms with E-state index in [0.717, 1.165) is 5.56 Å². The lowest BCUT2D eigenvalue weighted by Gasteiger charge is -2.06. The third-order valence-corrected chi connectivity index (χ3v) is 3.76. The zero-order valence-corrected chi connectivity index (χ0v) is 14.7. The molecule has 0 aliphatic heterocycles. The molecule has 0 aliphatic rings. The summed E-state index contributed by atoms with van der Waals surface area (Å²) < 4.78 is 11.8. The molecule has 0 atom stereocenters. The number of benzene rings is 1. The Morgan fingerprint density at radius 2 is 1.85 bits per heavy atom. The number of rotatable bonds is 6. The van der Waals surface area contributed by atoms with Gasteiger partial charge in [0, 0.05) is 18.0 Å². The first-order chi connectivity index (χ1) is 13.0. The van der Waals surface area contributed by atoms with Crippen LogP contribution in [0.1, 0.15) is 21.9 Å². The first-order valence-electron chi connectivity index (χ1n) is 8.29. The molecule has 7 nitrogen and oxygen atoms in total. The second kappa shape index (κ2) is 8.18. The summed E-state index contributed by atoms with van der Waals surface area (Å²) in [6.45, 7) is 1.71. The maximum Gasteiger partial charge on any atom is 0.374 e. The number of anilines is 1. The number of nitrogens with one attached hydrogen (secondary N) is 1. The number of nitrogens with zero attached hydrogens (tertiary/aromatic N) is 1. The van der Waals surface area contributed by atoms with Gasteiger partial charge in [0.2, 0.25) is 5.76 Å². The predicted molar refractivity (Wildman–Crippen MR) is 98.6 cm³/mol. The molecule has 0 spiro atoms. The van der Waals surface area contributed by atoms with Gasteiger partial charge in [0.05, 0.1) is 6.54 Å². The first kappa shape index (κ1) is 18.2. The van der Waals surface area contributed by atoms with Crippen LogP contribution in [0.5, 0.6) is 0 Å². The van der Waals surface area contributed by atoms with E-state index in [1.54, 1.807) is 36.5 Å². The van der Waals surface area contributed by atoms with Gasteiger partial charge in [0.15, 0.2) is 6.61 Å². The summed E-state index contributed by atoms with van der Waals surface area (Å²) in [5.41, 5.74) is 1.52. The van der Waals surface area contributed by atoms with E-state index in [-0.39, 0.29) is 17.9 Å². The zero-order valence-electron chi connectivity index (χ0n) is 14.7. The van der Waals surface area contributed by atoms with Crippen molar-refractivity contribution in [3.63, 3.8) is 0 Å². The van der Waals surface area contributed by atoms with Crippen LogP contribution in [0.4, 0.5) is 5.69 Å². The number of ether oxygens (including phenoxy) is 1. The lowest BCUT2D eigenvalue weighted by atomic mass is 10.2. The van der Waals surface area contributed by atoms with Crippen LogP contribution in [0.25, 0.3) is 0 Å². The van der Waals surface area contributed by atoms with Gasteiger partial charge in [0.1, 0.15) is 5.76 Å². The number of hydrogen-bond acceptors (Lipinski definition) is 5. The van der Waals surface area contributed by atoms with Crippen molar-refractivity contribution in [2.24, 2.45) is 0 Å². The number of amides is 1. The lowest BCUT2D eigenvalue weighted by molar-refractivity contribution is -0.119. The standard InChI is InChI=1S/C20H18N2O5/c1-14-5-7-15(8-6-14)21-18(23)13-26-20(25)17-10-9-16(27-17)12-22-11-3-2-4-19(22)24/h2-11H,12-13H2,1H3,(H,21,23). The summed E-state index contributed by atoms with van der Waals surface area (Å²) >= 11 is 0. The van der Waals surface area contributed by atoms with Crippen molar-refractivity contribution in [1.29, 1.82) is 0 Å². The molecule has 0 saturated heterocycles. The third kappa shape index (κ3) is 4.94. The van der Waals surface area contributed by atoms with E-state index in [0.29, 0.717) is 11.4 Å². The fourth-order valence-corrected chi connectivity index (χ4v) is 2.37. The highest BCUT2D eigenvalue weighted by molar-refractivity contribution is 5.94. The molecule has 1 N–H and O–H groups in total. The molecule has 1 amide bonds. The maximum atomic E-state index is 12.0. The number of hydrogen-bond donors (Lipinski definition) is 1. The van der Waals surface area contributed by atoms with Crippen LogP contribution >= 0.6 is 0 Å². The summed E-state index contributed by atoms with van der Waals surface area (Å²) in [5.74, 6) is -0.799. The molecule has 27 heavy (non-hydrogen) atoms. The summed E-state index contributed by atoms with van der Waals surface area (Å²) in [6.07, 6.45) is 1.62. The van der Waals surface area contributed by atoms with Crippen LogP contribution in [0, 0.1) is 6.92 Å². The second-order valence-corrected chi connectivity index (χ2v) is 5.92. The van der Waals surface area contributed by atoms with Gasteiger partial charge in [0.25, 0.3) is 11.5 Å². The van der Waals surface area contributed by atoms with Crippen molar-refractivity contribution in [2.75, 3.05) is 11.9 Å². The average Bonchev–Trinajstić information content (AvgIpc) is 3.12. The number of carbonyl (C=O) groups excluding carboxylic acids is 2. The minimum absolute atomic E-state index is 0.0304. The van der Waals surface area contributed by atoms with E-state index in [9.17, 15) is 14.4 Å². The van der Waals surface area contributed by atoms with Crippen LogP contribution in [0.3, 0.4) is 0 Å². The van der Waals surface area contributed by atoms with Gasteiger partial charge in [-0.3, -0.25) is 9.59 Å². The van der Waals surface area contributed by atoms with E-state index in [1.165, 1.54) is 16.7 Å². The Balaban J connectivity index is 1.53. The topological polar surface area (TPSA) is 90.5 Å². The molecule has 0 radical (unpaired) electrons. The summed E-state index contributed by atoms with van der Waals surface area (Å²) in [5, 5.41) is 2.64. The van der Waals surface area contributed by atoms with Crippen LogP contribution in [-0.4, -0.2) is 23.1 Å². The fourth-order valence-electron chi connectivity index (χ4n) is 2.37. The number of carbonyl (C=O) groups is 2. The Hall–Kier alpha value is -3.61. The van der Waals surface area contributed by atoms with Crippen molar-refractivity contribution in [3.8, 4) is 0 Å². The van der Waals surface area contributed by atoms with E-state index >= 15 is 0 Å². The van der Waals surface area contributed by atoms with Gasteiger partial charge >= 0.3 is 5.97 Å². The SMILES string of the molecule is Cc1ccc(NC(=O)COC(=O)c2ccc(Cn3ccccc3=O)o2)cc1. The van der Waals surface area contributed by atoms with Gasteiger partial charge in [-0.25, -0.2) is 4.79 Å². The van der Waals surface area contributed by atoms with Gasteiger partial charge in [-0.1, -0.05) is 23.8 Å². The highest BCUT2D eigenvalue weighted by Gasteiger charge is 2.15. The zero-order chi connectivity index (χ0) is 19.2.